The summed E-state index contributed by atoms with van der Waals surface area (Å²) in [6, 6.07) is 15.8. The quantitative estimate of drug-likeness (QED) is 0.513. The number of para-hydroxylation sites is 1. The third-order valence-corrected chi connectivity index (χ3v) is 4.02. The van der Waals surface area contributed by atoms with E-state index in [9.17, 15) is 4.39 Å². The number of anilines is 4. The van der Waals surface area contributed by atoms with Crippen LogP contribution in [0.2, 0.25) is 5.02 Å². The third kappa shape index (κ3) is 3.41. The van der Waals surface area contributed by atoms with Crippen molar-refractivity contribution in [1.29, 1.82) is 0 Å². The zero-order valence-electron chi connectivity index (χ0n) is 13.4. The van der Waals surface area contributed by atoms with Crippen molar-refractivity contribution in [1.82, 2.24) is 15.0 Å². The van der Waals surface area contributed by atoms with Gasteiger partial charge in [0.15, 0.2) is 0 Å². The summed E-state index contributed by atoms with van der Waals surface area (Å²) in [5, 5.41) is 7.33. The van der Waals surface area contributed by atoms with Gasteiger partial charge >= 0.3 is 0 Å². The van der Waals surface area contributed by atoms with Crippen LogP contribution >= 0.6 is 11.6 Å². The van der Waals surface area contributed by atoms with Crippen molar-refractivity contribution in [2.75, 3.05) is 10.6 Å². The molecule has 0 atom stereocenters. The zero-order chi connectivity index (χ0) is 17.9. The summed E-state index contributed by atoms with van der Waals surface area (Å²) >= 11 is 5.81. The molecule has 26 heavy (non-hydrogen) atoms. The predicted molar refractivity (Wildman–Crippen MR) is 102 cm³/mol. The van der Waals surface area contributed by atoms with Crippen LogP contribution in [0.5, 0.6) is 0 Å². The maximum Gasteiger partial charge on any atom is 0.229 e. The molecule has 0 aliphatic rings. The molecule has 0 amide bonds. The zero-order valence-corrected chi connectivity index (χ0v) is 14.2. The van der Waals surface area contributed by atoms with Gasteiger partial charge in [0.25, 0.3) is 0 Å². The summed E-state index contributed by atoms with van der Waals surface area (Å²) in [6.45, 7) is 0. The van der Waals surface area contributed by atoms with Crippen molar-refractivity contribution in [2.24, 2.45) is 0 Å². The van der Waals surface area contributed by atoms with Gasteiger partial charge in [-0.2, -0.15) is 4.98 Å². The SMILES string of the molecule is Fc1ccc(Nc2ccnc(Nc3cccc4cccnc34)n2)cc1Cl. The number of nitrogens with zero attached hydrogens (tertiary/aromatic N) is 3. The van der Waals surface area contributed by atoms with Crippen molar-refractivity contribution in [3.63, 3.8) is 0 Å². The van der Waals surface area contributed by atoms with Gasteiger partial charge in [0.1, 0.15) is 11.6 Å². The molecule has 128 valence electrons. The van der Waals surface area contributed by atoms with E-state index in [1.54, 1.807) is 24.5 Å². The minimum absolute atomic E-state index is 0.0456. The van der Waals surface area contributed by atoms with Crippen LogP contribution in [0.1, 0.15) is 0 Å². The van der Waals surface area contributed by atoms with E-state index < -0.39 is 5.82 Å². The fourth-order valence-electron chi connectivity index (χ4n) is 2.54. The van der Waals surface area contributed by atoms with Gasteiger partial charge < -0.3 is 10.6 Å². The smallest absolute Gasteiger partial charge is 0.229 e. The highest BCUT2D eigenvalue weighted by atomic mass is 35.5. The molecule has 4 aromatic rings. The first-order valence-electron chi connectivity index (χ1n) is 7.85. The molecule has 2 N–H and O–H groups in total. The number of benzene rings is 2. The Morgan fingerprint density at radius 3 is 2.65 bits per heavy atom. The fourth-order valence-corrected chi connectivity index (χ4v) is 2.72. The number of hydrogen-bond acceptors (Lipinski definition) is 5. The van der Waals surface area contributed by atoms with Gasteiger partial charge in [0, 0.05) is 23.5 Å². The monoisotopic (exact) mass is 365 g/mol. The van der Waals surface area contributed by atoms with Gasteiger partial charge in [-0.25, -0.2) is 9.37 Å². The average Bonchev–Trinajstić information content (AvgIpc) is 2.65. The first kappa shape index (κ1) is 16.2. The Balaban J connectivity index is 1.60. The Bertz CT molecular complexity index is 1080. The van der Waals surface area contributed by atoms with E-state index in [0.29, 0.717) is 17.5 Å². The summed E-state index contributed by atoms with van der Waals surface area (Å²) in [6.07, 6.45) is 3.37. The topological polar surface area (TPSA) is 62.7 Å². The molecule has 5 nitrogen and oxygen atoms in total. The first-order valence-corrected chi connectivity index (χ1v) is 8.23. The van der Waals surface area contributed by atoms with Crippen LogP contribution < -0.4 is 10.6 Å². The van der Waals surface area contributed by atoms with Gasteiger partial charge in [-0.3, -0.25) is 4.98 Å². The normalized spacial score (nSPS) is 10.7. The lowest BCUT2D eigenvalue weighted by Crippen LogP contribution is -2.01. The van der Waals surface area contributed by atoms with E-state index in [0.717, 1.165) is 16.6 Å². The molecular formula is C19H13ClFN5. The summed E-state index contributed by atoms with van der Waals surface area (Å²) in [5.41, 5.74) is 2.28. The summed E-state index contributed by atoms with van der Waals surface area (Å²) < 4.78 is 13.3. The molecule has 0 saturated heterocycles. The van der Waals surface area contributed by atoms with E-state index in [2.05, 4.69) is 25.6 Å². The minimum atomic E-state index is -0.467. The second-order valence-corrected chi connectivity index (χ2v) is 5.93. The summed E-state index contributed by atoms with van der Waals surface area (Å²) in [7, 11) is 0. The van der Waals surface area contributed by atoms with Crippen LogP contribution in [-0.2, 0) is 0 Å². The van der Waals surface area contributed by atoms with Crippen molar-refractivity contribution in [2.45, 2.75) is 0 Å². The second-order valence-electron chi connectivity index (χ2n) is 5.53. The number of aromatic nitrogens is 3. The Morgan fingerprint density at radius 1 is 0.885 bits per heavy atom. The highest BCUT2D eigenvalue weighted by molar-refractivity contribution is 6.31. The predicted octanol–water partition coefficient (Wildman–Crippen LogP) is 5.30. The molecule has 0 unspecified atom stereocenters. The molecule has 2 aromatic heterocycles. The van der Waals surface area contributed by atoms with Crippen LogP contribution in [0.4, 0.5) is 27.5 Å². The Hall–Kier alpha value is -3.25. The lowest BCUT2D eigenvalue weighted by Gasteiger charge is -2.10. The van der Waals surface area contributed by atoms with Crippen molar-refractivity contribution in [3.05, 3.63) is 77.8 Å². The maximum atomic E-state index is 13.3. The van der Waals surface area contributed by atoms with Crippen molar-refractivity contribution >= 4 is 45.6 Å². The molecule has 2 heterocycles. The van der Waals surface area contributed by atoms with Gasteiger partial charge in [0.05, 0.1) is 16.2 Å². The highest BCUT2D eigenvalue weighted by Crippen LogP contribution is 2.25. The van der Waals surface area contributed by atoms with E-state index in [1.807, 2.05) is 30.3 Å². The molecular weight excluding hydrogens is 353 g/mol. The van der Waals surface area contributed by atoms with Crippen LogP contribution in [0, 0.1) is 5.82 Å². The van der Waals surface area contributed by atoms with E-state index in [4.69, 9.17) is 11.6 Å². The number of fused-ring (bicyclic) bond motifs is 1. The van der Waals surface area contributed by atoms with Gasteiger partial charge in [0.2, 0.25) is 5.95 Å². The number of pyridine rings is 1. The molecule has 2 aromatic carbocycles. The Morgan fingerprint density at radius 2 is 1.77 bits per heavy atom. The minimum Gasteiger partial charge on any atom is -0.340 e. The van der Waals surface area contributed by atoms with E-state index >= 15 is 0 Å². The summed E-state index contributed by atoms with van der Waals surface area (Å²) in [4.78, 5) is 13.1. The molecule has 0 spiro atoms. The Kier molecular flexibility index (Phi) is 4.33. The molecule has 7 heteroatoms. The highest BCUT2D eigenvalue weighted by Gasteiger charge is 2.06. The number of halogens is 2. The van der Waals surface area contributed by atoms with Gasteiger partial charge in [-0.1, -0.05) is 29.8 Å². The third-order valence-electron chi connectivity index (χ3n) is 3.73. The van der Waals surface area contributed by atoms with Gasteiger partial charge in [-0.05, 0) is 36.4 Å². The van der Waals surface area contributed by atoms with Crippen LogP contribution in [0.3, 0.4) is 0 Å². The van der Waals surface area contributed by atoms with Crippen LogP contribution in [0.25, 0.3) is 10.9 Å². The Labute approximate surface area is 153 Å². The molecule has 0 radical (unpaired) electrons. The number of hydrogen-bond donors (Lipinski definition) is 2. The molecule has 4 rings (SSSR count). The van der Waals surface area contributed by atoms with Crippen LogP contribution in [-0.4, -0.2) is 15.0 Å². The van der Waals surface area contributed by atoms with Crippen molar-refractivity contribution < 1.29 is 4.39 Å². The standard InChI is InChI=1S/C19H13ClFN5/c20-14-11-13(6-7-15(14)21)24-17-8-10-23-19(26-17)25-16-5-1-3-12-4-2-9-22-18(12)16/h1-11H,(H2,23,24,25,26). The molecule has 0 bridgehead atoms. The molecule has 0 aliphatic heterocycles. The maximum absolute atomic E-state index is 13.3. The second kappa shape index (κ2) is 6.93. The molecule has 0 saturated carbocycles. The van der Waals surface area contributed by atoms with Crippen molar-refractivity contribution in [3.8, 4) is 0 Å². The molecule has 0 fully saturated rings. The van der Waals surface area contributed by atoms with Crippen LogP contribution in [0.15, 0.2) is 67.0 Å². The lowest BCUT2D eigenvalue weighted by molar-refractivity contribution is 0.628. The average molecular weight is 366 g/mol. The molecule has 0 aliphatic carbocycles. The fraction of sp³-hybridized carbons (Fsp3) is 0. The summed E-state index contributed by atoms with van der Waals surface area (Å²) in [5.74, 6) is 0.505. The van der Waals surface area contributed by atoms with E-state index in [1.165, 1.54) is 12.1 Å². The van der Waals surface area contributed by atoms with E-state index in [-0.39, 0.29) is 5.02 Å². The first-order chi connectivity index (χ1) is 12.7. The number of nitrogens with one attached hydrogen (secondary N) is 2. The number of rotatable bonds is 4. The lowest BCUT2D eigenvalue weighted by atomic mass is 10.2. The van der Waals surface area contributed by atoms with Gasteiger partial charge in [-0.15, -0.1) is 0 Å². The largest absolute Gasteiger partial charge is 0.340 e.